The number of benzene rings is 1. The van der Waals surface area contributed by atoms with Gasteiger partial charge in [-0.25, -0.2) is 4.98 Å². The standard InChI is InChI=1S/C16H17NO3/c1-11-6-8-12(9-7-11)14(16(18)19)10-13-4-3-5-15(17-13)20-2/h3-9,14H,10H2,1-2H3,(H,18,19). The van der Waals surface area contributed by atoms with Crippen molar-refractivity contribution in [3.63, 3.8) is 0 Å². The number of carboxylic acids is 1. The Morgan fingerprint density at radius 1 is 1.25 bits per heavy atom. The van der Waals surface area contributed by atoms with E-state index < -0.39 is 11.9 Å². The first-order chi connectivity index (χ1) is 9.60. The highest BCUT2D eigenvalue weighted by Gasteiger charge is 2.21. The fourth-order valence-electron chi connectivity index (χ4n) is 2.04. The van der Waals surface area contributed by atoms with Crippen molar-refractivity contribution in [1.29, 1.82) is 0 Å². The van der Waals surface area contributed by atoms with Crippen molar-refractivity contribution >= 4 is 5.97 Å². The van der Waals surface area contributed by atoms with Crippen LogP contribution in [0.3, 0.4) is 0 Å². The van der Waals surface area contributed by atoms with Gasteiger partial charge in [0.1, 0.15) is 0 Å². The van der Waals surface area contributed by atoms with Crippen LogP contribution >= 0.6 is 0 Å². The van der Waals surface area contributed by atoms with Gasteiger partial charge in [-0.3, -0.25) is 4.79 Å². The summed E-state index contributed by atoms with van der Waals surface area (Å²) in [5.74, 6) is -0.954. The van der Waals surface area contributed by atoms with Crippen molar-refractivity contribution in [2.75, 3.05) is 7.11 Å². The van der Waals surface area contributed by atoms with Gasteiger partial charge in [0.2, 0.25) is 5.88 Å². The molecule has 1 unspecified atom stereocenters. The maximum Gasteiger partial charge on any atom is 0.311 e. The number of hydrogen-bond acceptors (Lipinski definition) is 3. The molecular formula is C16H17NO3. The third-order valence-corrected chi connectivity index (χ3v) is 3.18. The molecule has 0 saturated carbocycles. The van der Waals surface area contributed by atoms with Crippen LogP contribution in [0.1, 0.15) is 22.7 Å². The molecule has 0 aliphatic rings. The monoisotopic (exact) mass is 271 g/mol. The average Bonchev–Trinajstić information content (AvgIpc) is 2.46. The van der Waals surface area contributed by atoms with Gasteiger partial charge < -0.3 is 9.84 Å². The van der Waals surface area contributed by atoms with Gasteiger partial charge in [0.25, 0.3) is 0 Å². The van der Waals surface area contributed by atoms with Crippen LogP contribution in [0.4, 0.5) is 0 Å². The van der Waals surface area contributed by atoms with Crippen LogP contribution in [0.2, 0.25) is 0 Å². The van der Waals surface area contributed by atoms with E-state index in [1.807, 2.05) is 43.3 Å². The molecule has 2 rings (SSSR count). The number of pyridine rings is 1. The van der Waals surface area contributed by atoms with E-state index in [0.717, 1.165) is 11.1 Å². The van der Waals surface area contributed by atoms with E-state index >= 15 is 0 Å². The Bertz CT molecular complexity index is 593. The van der Waals surface area contributed by atoms with Crippen molar-refractivity contribution < 1.29 is 14.6 Å². The molecular weight excluding hydrogens is 254 g/mol. The number of carbonyl (C=O) groups is 1. The van der Waals surface area contributed by atoms with Gasteiger partial charge in [-0.2, -0.15) is 0 Å². The summed E-state index contributed by atoms with van der Waals surface area (Å²) < 4.78 is 5.06. The maximum atomic E-state index is 11.5. The summed E-state index contributed by atoms with van der Waals surface area (Å²) in [6.45, 7) is 1.98. The zero-order valence-electron chi connectivity index (χ0n) is 11.5. The van der Waals surface area contributed by atoms with Crippen LogP contribution in [0.15, 0.2) is 42.5 Å². The van der Waals surface area contributed by atoms with Crippen LogP contribution in [0.5, 0.6) is 5.88 Å². The first-order valence-electron chi connectivity index (χ1n) is 6.39. The van der Waals surface area contributed by atoms with Gasteiger partial charge in [-0.15, -0.1) is 0 Å². The number of methoxy groups -OCH3 is 1. The van der Waals surface area contributed by atoms with Crippen LogP contribution in [0, 0.1) is 6.92 Å². The molecule has 1 aromatic heterocycles. The van der Waals surface area contributed by atoms with Crippen LogP contribution < -0.4 is 4.74 Å². The van der Waals surface area contributed by atoms with Gasteiger partial charge in [-0.1, -0.05) is 35.9 Å². The molecule has 2 aromatic rings. The summed E-state index contributed by atoms with van der Waals surface area (Å²) >= 11 is 0. The zero-order valence-corrected chi connectivity index (χ0v) is 11.5. The van der Waals surface area contributed by atoms with E-state index in [0.29, 0.717) is 18.0 Å². The zero-order chi connectivity index (χ0) is 14.5. The average molecular weight is 271 g/mol. The van der Waals surface area contributed by atoms with Crippen molar-refractivity contribution in [3.05, 3.63) is 59.3 Å². The topological polar surface area (TPSA) is 59.4 Å². The minimum absolute atomic E-state index is 0.343. The molecule has 0 bridgehead atoms. The number of rotatable bonds is 5. The number of aromatic nitrogens is 1. The predicted octanol–water partition coefficient (Wildman–Crippen LogP) is 2.81. The molecule has 20 heavy (non-hydrogen) atoms. The Morgan fingerprint density at radius 3 is 2.55 bits per heavy atom. The third kappa shape index (κ3) is 3.35. The number of hydrogen-bond donors (Lipinski definition) is 1. The lowest BCUT2D eigenvalue weighted by atomic mass is 9.93. The van der Waals surface area contributed by atoms with Crippen LogP contribution in [-0.4, -0.2) is 23.2 Å². The molecule has 4 heteroatoms. The number of aryl methyl sites for hydroxylation is 1. The molecule has 4 nitrogen and oxygen atoms in total. The summed E-state index contributed by atoms with van der Waals surface area (Å²) in [7, 11) is 1.54. The van der Waals surface area contributed by atoms with Gasteiger partial charge in [0, 0.05) is 18.2 Å². The molecule has 1 atom stereocenters. The Balaban J connectivity index is 2.25. The Labute approximate surface area is 118 Å². The largest absolute Gasteiger partial charge is 0.481 e. The third-order valence-electron chi connectivity index (χ3n) is 3.18. The van der Waals surface area contributed by atoms with Crippen LogP contribution in [0.25, 0.3) is 0 Å². The van der Waals surface area contributed by atoms with E-state index in [2.05, 4.69) is 4.98 Å². The second kappa shape index (κ2) is 6.19. The van der Waals surface area contributed by atoms with Gasteiger partial charge in [-0.05, 0) is 18.6 Å². The highest BCUT2D eigenvalue weighted by molar-refractivity contribution is 5.76. The lowest BCUT2D eigenvalue weighted by Crippen LogP contribution is -2.15. The molecule has 1 aromatic carbocycles. The van der Waals surface area contributed by atoms with Crippen molar-refractivity contribution in [2.24, 2.45) is 0 Å². The lowest BCUT2D eigenvalue weighted by molar-refractivity contribution is -0.138. The fraction of sp³-hybridized carbons (Fsp3) is 0.250. The molecule has 0 spiro atoms. The molecule has 0 aliphatic carbocycles. The van der Waals surface area contributed by atoms with Gasteiger partial charge >= 0.3 is 5.97 Å². The SMILES string of the molecule is COc1cccc(CC(C(=O)O)c2ccc(C)cc2)n1. The molecule has 0 saturated heterocycles. The Morgan fingerprint density at radius 2 is 1.95 bits per heavy atom. The lowest BCUT2D eigenvalue weighted by Gasteiger charge is -2.13. The predicted molar refractivity (Wildman–Crippen MR) is 76.0 cm³/mol. The number of aliphatic carboxylic acids is 1. The minimum atomic E-state index is -0.849. The molecule has 0 aliphatic heterocycles. The molecule has 0 amide bonds. The van der Waals surface area contributed by atoms with E-state index in [-0.39, 0.29) is 0 Å². The van der Waals surface area contributed by atoms with E-state index in [9.17, 15) is 9.90 Å². The fourth-order valence-corrected chi connectivity index (χ4v) is 2.04. The Kier molecular flexibility index (Phi) is 4.35. The summed E-state index contributed by atoms with van der Waals surface area (Å²) in [6.07, 6.45) is 0.343. The van der Waals surface area contributed by atoms with E-state index in [4.69, 9.17) is 4.74 Å². The van der Waals surface area contributed by atoms with E-state index in [1.54, 1.807) is 13.2 Å². The van der Waals surface area contributed by atoms with Gasteiger partial charge in [0.15, 0.2) is 0 Å². The number of ether oxygens (including phenoxy) is 1. The quantitative estimate of drug-likeness (QED) is 0.908. The highest BCUT2D eigenvalue weighted by Crippen LogP contribution is 2.22. The van der Waals surface area contributed by atoms with Crippen molar-refractivity contribution in [1.82, 2.24) is 4.98 Å². The second-order valence-corrected chi connectivity index (χ2v) is 4.68. The van der Waals surface area contributed by atoms with Crippen molar-refractivity contribution in [3.8, 4) is 5.88 Å². The van der Waals surface area contributed by atoms with Gasteiger partial charge in [0.05, 0.1) is 13.0 Å². The normalized spacial score (nSPS) is 11.9. The first-order valence-corrected chi connectivity index (χ1v) is 6.39. The first kappa shape index (κ1) is 14.1. The van der Waals surface area contributed by atoms with Crippen molar-refractivity contribution in [2.45, 2.75) is 19.3 Å². The van der Waals surface area contributed by atoms with Crippen LogP contribution in [-0.2, 0) is 11.2 Å². The molecule has 1 heterocycles. The number of nitrogens with zero attached hydrogens (tertiary/aromatic N) is 1. The Hall–Kier alpha value is -2.36. The molecule has 0 radical (unpaired) electrons. The summed E-state index contributed by atoms with van der Waals surface area (Å²) in [5, 5.41) is 9.42. The second-order valence-electron chi connectivity index (χ2n) is 4.68. The smallest absolute Gasteiger partial charge is 0.311 e. The maximum absolute atomic E-state index is 11.5. The summed E-state index contributed by atoms with van der Waals surface area (Å²) in [4.78, 5) is 15.8. The number of carboxylic acid groups (broad SMARTS) is 1. The van der Waals surface area contributed by atoms with E-state index in [1.165, 1.54) is 0 Å². The molecule has 1 N–H and O–H groups in total. The summed E-state index contributed by atoms with van der Waals surface area (Å²) in [5.41, 5.74) is 2.60. The molecule has 104 valence electrons. The minimum Gasteiger partial charge on any atom is -0.481 e. The molecule has 0 fully saturated rings. The highest BCUT2D eigenvalue weighted by atomic mass is 16.5. The summed E-state index contributed by atoms with van der Waals surface area (Å²) in [6, 6.07) is 12.9.